The summed E-state index contributed by atoms with van der Waals surface area (Å²) < 4.78 is 0. The molecule has 1 rings (SSSR count). The molecule has 0 saturated heterocycles. The topological polar surface area (TPSA) is 104 Å². The second kappa shape index (κ2) is 6.33. The highest BCUT2D eigenvalue weighted by molar-refractivity contribution is 7.10. The third-order valence-electron chi connectivity index (χ3n) is 2.78. The van der Waals surface area contributed by atoms with Gasteiger partial charge in [0.2, 0.25) is 0 Å². The average molecular weight is 285 g/mol. The summed E-state index contributed by atoms with van der Waals surface area (Å²) in [6.07, 6.45) is -0.447. The molecule has 1 amide bonds. The number of rotatable bonds is 6. The standard InChI is InChI=1S/C12H15NO5S/c1-6-7(2)19-5-8(6)11(16)13-9(12(17)18)3-4-10(14)15/h5,9H,3-4H2,1-2H3,(H,13,16)(H,14,15)(H,17,18). The van der Waals surface area contributed by atoms with Crippen molar-refractivity contribution < 1.29 is 24.6 Å². The Bertz CT molecular complexity index is 508. The summed E-state index contributed by atoms with van der Waals surface area (Å²) in [7, 11) is 0. The highest BCUT2D eigenvalue weighted by Crippen LogP contribution is 2.20. The van der Waals surface area contributed by atoms with Crippen molar-refractivity contribution in [1.29, 1.82) is 0 Å². The molecule has 104 valence electrons. The van der Waals surface area contributed by atoms with Gasteiger partial charge in [0, 0.05) is 16.7 Å². The molecular weight excluding hydrogens is 270 g/mol. The molecule has 3 N–H and O–H groups in total. The summed E-state index contributed by atoms with van der Waals surface area (Å²) in [5.41, 5.74) is 1.24. The fourth-order valence-corrected chi connectivity index (χ4v) is 2.36. The summed E-state index contributed by atoms with van der Waals surface area (Å²) in [6, 6.07) is -1.19. The fourth-order valence-electron chi connectivity index (χ4n) is 1.50. The van der Waals surface area contributed by atoms with E-state index in [0.29, 0.717) is 5.56 Å². The average Bonchev–Trinajstić information content (AvgIpc) is 2.64. The Morgan fingerprint density at radius 3 is 2.37 bits per heavy atom. The minimum Gasteiger partial charge on any atom is -0.481 e. The fraction of sp³-hybridized carbons (Fsp3) is 0.417. The SMILES string of the molecule is Cc1scc(C(=O)NC(CCC(=O)O)C(=O)O)c1C. The number of amides is 1. The number of aryl methyl sites for hydroxylation is 1. The molecule has 0 aromatic carbocycles. The van der Waals surface area contributed by atoms with Crippen LogP contribution in [0, 0.1) is 13.8 Å². The minimum atomic E-state index is -1.24. The van der Waals surface area contributed by atoms with Crippen LogP contribution < -0.4 is 5.32 Å². The first-order valence-electron chi connectivity index (χ1n) is 5.63. The smallest absolute Gasteiger partial charge is 0.326 e. The van der Waals surface area contributed by atoms with E-state index in [4.69, 9.17) is 10.2 Å². The highest BCUT2D eigenvalue weighted by Gasteiger charge is 2.23. The normalized spacial score (nSPS) is 11.9. The zero-order valence-electron chi connectivity index (χ0n) is 10.6. The molecule has 0 aliphatic carbocycles. The van der Waals surface area contributed by atoms with Crippen molar-refractivity contribution in [2.75, 3.05) is 0 Å². The third kappa shape index (κ3) is 4.06. The lowest BCUT2D eigenvalue weighted by Crippen LogP contribution is -2.41. The van der Waals surface area contributed by atoms with E-state index in [1.807, 2.05) is 6.92 Å². The zero-order valence-corrected chi connectivity index (χ0v) is 11.4. The van der Waals surface area contributed by atoms with Gasteiger partial charge in [0.25, 0.3) is 5.91 Å². The molecule has 1 atom stereocenters. The Balaban J connectivity index is 2.74. The number of carbonyl (C=O) groups excluding carboxylic acids is 1. The van der Waals surface area contributed by atoms with Gasteiger partial charge in [-0.2, -0.15) is 0 Å². The molecule has 1 aromatic rings. The molecule has 1 unspecified atom stereocenters. The summed E-state index contributed by atoms with van der Waals surface area (Å²) in [6.45, 7) is 3.66. The van der Waals surface area contributed by atoms with Gasteiger partial charge >= 0.3 is 11.9 Å². The van der Waals surface area contributed by atoms with Crippen molar-refractivity contribution in [1.82, 2.24) is 5.32 Å². The molecule has 0 bridgehead atoms. The van der Waals surface area contributed by atoms with Crippen LogP contribution in [-0.4, -0.2) is 34.1 Å². The molecule has 6 nitrogen and oxygen atoms in total. The largest absolute Gasteiger partial charge is 0.481 e. The molecule has 7 heteroatoms. The molecule has 0 aliphatic rings. The third-order valence-corrected chi connectivity index (χ3v) is 3.79. The number of thiophene rings is 1. The van der Waals surface area contributed by atoms with Crippen LogP contribution in [-0.2, 0) is 9.59 Å². The first-order valence-corrected chi connectivity index (χ1v) is 6.51. The van der Waals surface area contributed by atoms with Gasteiger partial charge in [0.05, 0.1) is 5.56 Å². The number of nitrogens with one attached hydrogen (secondary N) is 1. The first kappa shape index (κ1) is 15.2. The van der Waals surface area contributed by atoms with Crippen molar-refractivity contribution in [2.45, 2.75) is 32.7 Å². The van der Waals surface area contributed by atoms with Crippen molar-refractivity contribution in [3.05, 3.63) is 21.4 Å². The monoisotopic (exact) mass is 285 g/mol. The van der Waals surface area contributed by atoms with E-state index >= 15 is 0 Å². The zero-order chi connectivity index (χ0) is 14.6. The van der Waals surface area contributed by atoms with Crippen LogP contribution in [0.1, 0.15) is 33.6 Å². The maximum atomic E-state index is 11.9. The van der Waals surface area contributed by atoms with Crippen LogP contribution in [0.25, 0.3) is 0 Å². The van der Waals surface area contributed by atoms with Crippen molar-refractivity contribution in [3.63, 3.8) is 0 Å². The molecule has 1 heterocycles. The first-order chi connectivity index (χ1) is 8.82. The van der Waals surface area contributed by atoms with Gasteiger partial charge in [-0.15, -0.1) is 11.3 Å². The minimum absolute atomic E-state index is 0.140. The predicted octanol–water partition coefficient (Wildman–Crippen LogP) is 1.41. The van der Waals surface area contributed by atoms with Crippen LogP contribution in [0.5, 0.6) is 0 Å². The number of aliphatic carboxylic acids is 2. The summed E-state index contributed by atoms with van der Waals surface area (Å²) in [5.74, 6) is -2.82. The van der Waals surface area contributed by atoms with E-state index in [0.717, 1.165) is 10.4 Å². The van der Waals surface area contributed by atoms with Crippen LogP contribution >= 0.6 is 11.3 Å². The Kier molecular flexibility index (Phi) is 5.05. The van der Waals surface area contributed by atoms with Crippen molar-refractivity contribution >= 4 is 29.2 Å². The number of carbonyl (C=O) groups is 3. The summed E-state index contributed by atoms with van der Waals surface area (Å²) in [4.78, 5) is 34.3. The Labute approximate surface area is 114 Å². The molecule has 19 heavy (non-hydrogen) atoms. The van der Waals surface area contributed by atoms with Crippen LogP contribution in [0.4, 0.5) is 0 Å². The van der Waals surface area contributed by atoms with Crippen LogP contribution in [0.15, 0.2) is 5.38 Å². The lowest BCUT2D eigenvalue weighted by Gasteiger charge is -2.13. The van der Waals surface area contributed by atoms with E-state index in [1.54, 1.807) is 12.3 Å². The maximum absolute atomic E-state index is 11.9. The van der Waals surface area contributed by atoms with Gasteiger partial charge in [0.1, 0.15) is 6.04 Å². The Morgan fingerprint density at radius 2 is 1.95 bits per heavy atom. The molecule has 0 radical (unpaired) electrons. The van der Waals surface area contributed by atoms with Gasteiger partial charge in [-0.05, 0) is 25.8 Å². The number of carboxylic acids is 2. The van der Waals surface area contributed by atoms with Gasteiger partial charge in [-0.3, -0.25) is 9.59 Å². The van der Waals surface area contributed by atoms with Crippen LogP contribution in [0.3, 0.4) is 0 Å². The maximum Gasteiger partial charge on any atom is 0.326 e. The van der Waals surface area contributed by atoms with E-state index in [9.17, 15) is 14.4 Å². The second-order valence-electron chi connectivity index (χ2n) is 4.13. The quantitative estimate of drug-likeness (QED) is 0.733. The lowest BCUT2D eigenvalue weighted by molar-refractivity contribution is -0.140. The predicted molar refractivity (Wildman–Crippen MR) is 69.6 cm³/mol. The highest BCUT2D eigenvalue weighted by atomic mass is 32.1. The second-order valence-corrected chi connectivity index (χ2v) is 5.21. The Hall–Kier alpha value is -1.89. The molecule has 0 saturated carbocycles. The van der Waals surface area contributed by atoms with E-state index < -0.39 is 23.9 Å². The molecule has 0 aliphatic heterocycles. The number of hydrogen-bond donors (Lipinski definition) is 3. The van der Waals surface area contributed by atoms with Crippen LogP contribution in [0.2, 0.25) is 0 Å². The molecular formula is C12H15NO5S. The Morgan fingerprint density at radius 1 is 1.32 bits per heavy atom. The van der Waals surface area contributed by atoms with Gasteiger partial charge in [-0.25, -0.2) is 4.79 Å². The van der Waals surface area contributed by atoms with Gasteiger partial charge in [-0.1, -0.05) is 0 Å². The van der Waals surface area contributed by atoms with E-state index in [2.05, 4.69) is 5.32 Å². The van der Waals surface area contributed by atoms with Gasteiger partial charge < -0.3 is 15.5 Å². The number of hydrogen-bond acceptors (Lipinski definition) is 4. The van der Waals surface area contributed by atoms with E-state index in [-0.39, 0.29) is 12.8 Å². The van der Waals surface area contributed by atoms with Gasteiger partial charge in [0.15, 0.2) is 0 Å². The summed E-state index contributed by atoms with van der Waals surface area (Å²) >= 11 is 1.41. The van der Waals surface area contributed by atoms with Crippen molar-refractivity contribution in [2.24, 2.45) is 0 Å². The molecule has 0 spiro atoms. The summed E-state index contributed by atoms with van der Waals surface area (Å²) in [5, 5.41) is 21.5. The van der Waals surface area contributed by atoms with E-state index in [1.165, 1.54) is 11.3 Å². The number of carboxylic acid groups (broad SMARTS) is 2. The molecule has 1 aromatic heterocycles. The lowest BCUT2D eigenvalue weighted by atomic mass is 10.1. The molecule has 0 fully saturated rings. The van der Waals surface area contributed by atoms with Crippen molar-refractivity contribution in [3.8, 4) is 0 Å².